The predicted octanol–water partition coefficient (Wildman–Crippen LogP) is 0.817. The molecule has 0 heterocycles. The Labute approximate surface area is 68.6 Å². The average molecular weight is 170 g/mol. The van der Waals surface area contributed by atoms with Crippen molar-refractivity contribution in [3.05, 3.63) is 0 Å². The van der Waals surface area contributed by atoms with E-state index in [9.17, 15) is 4.79 Å². The van der Waals surface area contributed by atoms with Gasteiger partial charge in [0.25, 0.3) is 0 Å². The summed E-state index contributed by atoms with van der Waals surface area (Å²) in [5.41, 5.74) is 3.06. The third-order valence-corrected chi connectivity index (χ3v) is 1.86. The van der Waals surface area contributed by atoms with Crippen LogP contribution in [0.4, 0.5) is 0 Å². The Balaban J connectivity index is 3.82. The summed E-state index contributed by atoms with van der Waals surface area (Å²) in [6, 6.07) is 0. The van der Waals surface area contributed by atoms with Crippen LogP contribution in [0.25, 0.3) is 0 Å². The summed E-state index contributed by atoms with van der Waals surface area (Å²) in [5, 5.41) is 8.80. The van der Waals surface area contributed by atoms with Gasteiger partial charge in [0.05, 0.1) is 0 Å². The number of hydrogen-bond acceptors (Lipinski definition) is 2. The highest BCUT2D eigenvalue weighted by molar-refractivity contribution is 6.83. The van der Waals surface area contributed by atoms with Crippen LogP contribution < -0.4 is 0 Å². The minimum atomic E-state index is -1.32. The van der Waals surface area contributed by atoms with E-state index in [1.54, 1.807) is 0 Å². The molecule has 0 unspecified atom stereocenters. The van der Waals surface area contributed by atoms with Gasteiger partial charge in [-0.15, -0.1) is 11.5 Å². The molecule has 62 valence electrons. The van der Waals surface area contributed by atoms with Gasteiger partial charge < -0.3 is 9.90 Å². The van der Waals surface area contributed by atoms with Gasteiger partial charge in [0.15, 0.2) is 0 Å². The lowest BCUT2D eigenvalue weighted by molar-refractivity contribution is -0.114. The monoisotopic (exact) mass is 170 g/mol. The smallest absolute Gasteiger partial charge is 0.149 e. The third kappa shape index (κ3) is 7.30. The van der Waals surface area contributed by atoms with E-state index in [0.717, 1.165) is 0 Å². The molecular weight excluding hydrogens is 156 g/mol. The van der Waals surface area contributed by atoms with E-state index in [0.29, 0.717) is 6.29 Å². The van der Waals surface area contributed by atoms with Crippen molar-refractivity contribution in [1.82, 2.24) is 0 Å². The first-order valence-electron chi connectivity index (χ1n) is 3.59. The highest BCUT2D eigenvalue weighted by atomic mass is 28.3. The van der Waals surface area contributed by atoms with Gasteiger partial charge in [-0.25, -0.2) is 0 Å². The minimum Gasteiger partial charge on any atom is -0.385 e. The van der Waals surface area contributed by atoms with E-state index in [4.69, 9.17) is 5.11 Å². The summed E-state index contributed by atoms with van der Waals surface area (Å²) in [7, 11) is -1.32. The normalized spacial score (nSPS) is 13.1. The zero-order valence-corrected chi connectivity index (χ0v) is 8.22. The van der Waals surface area contributed by atoms with Gasteiger partial charge in [-0.05, 0) is 0 Å². The second-order valence-corrected chi connectivity index (χ2v) is 8.21. The molecule has 0 aliphatic rings. The van der Waals surface area contributed by atoms with E-state index in [1.807, 2.05) is 0 Å². The molecule has 2 nitrogen and oxygen atoms in total. The minimum absolute atomic E-state index is 0.272. The molecule has 0 aromatic heterocycles. The van der Waals surface area contributed by atoms with Crippen LogP contribution in [-0.4, -0.2) is 25.6 Å². The lowest BCUT2D eigenvalue weighted by atomic mass is 10.3. The molecule has 0 aliphatic carbocycles. The van der Waals surface area contributed by atoms with Crippen LogP contribution in [-0.2, 0) is 4.79 Å². The fourth-order valence-electron chi connectivity index (χ4n) is 0.469. The molecule has 0 fully saturated rings. The van der Waals surface area contributed by atoms with Crippen LogP contribution >= 0.6 is 0 Å². The molecule has 0 aliphatic heterocycles. The summed E-state index contributed by atoms with van der Waals surface area (Å²) >= 11 is 0. The van der Waals surface area contributed by atoms with Gasteiger partial charge >= 0.3 is 0 Å². The van der Waals surface area contributed by atoms with Crippen LogP contribution in [0.1, 0.15) is 6.42 Å². The standard InChI is InChI=1S/C8H14O2Si/c1-11(2,3)6-4-5-8(10)7-9/h7-8,10H,5H2,1-3H3/t8-/m1/s1. The lowest BCUT2D eigenvalue weighted by Crippen LogP contribution is -2.17. The van der Waals surface area contributed by atoms with Crippen molar-refractivity contribution in [2.45, 2.75) is 32.2 Å². The Hall–Kier alpha value is -0.593. The van der Waals surface area contributed by atoms with Gasteiger partial charge in [0.2, 0.25) is 0 Å². The average Bonchev–Trinajstić information content (AvgIpc) is 1.85. The first-order chi connectivity index (χ1) is 4.95. The van der Waals surface area contributed by atoms with Crippen molar-refractivity contribution >= 4 is 14.4 Å². The molecule has 1 atom stereocenters. The van der Waals surface area contributed by atoms with E-state index in [-0.39, 0.29) is 6.42 Å². The fourth-order valence-corrected chi connectivity index (χ4v) is 1.10. The Morgan fingerprint density at radius 3 is 2.45 bits per heavy atom. The predicted molar refractivity (Wildman–Crippen MR) is 47.8 cm³/mol. The fraction of sp³-hybridized carbons (Fsp3) is 0.625. The first-order valence-corrected chi connectivity index (χ1v) is 7.09. The highest BCUT2D eigenvalue weighted by Crippen LogP contribution is 1.96. The summed E-state index contributed by atoms with van der Waals surface area (Å²) in [4.78, 5) is 9.95. The molecule has 11 heavy (non-hydrogen) atoms. The number of carbonyl (C=O) groups excluding carboxylic acids is 1. The zero-order chi connectivity index (χ0) is 8.91. The highest BCUT2D eigenvalue weighted by Gasteiger charge is 2.07. The summed E-state index contributed by atoms with van der Waals surface area (Å²) < 4.78 is 0. The molecule has 3 heteroatoms. The molecule has 0 rings (SSSR count). The zero-order valence-electron chi connectivity index (χ0n) is 7.22. The Bertz CT molecular complexity index is 182. The van der Waals surface area contributed by atoms with Gasteiger partial charge in [0.1, 0.15) is 20.5 Å². The molecule has 1 N–H and O–H groups in total. The van der Waals surface area contributed by atoms with Crippen LogP contribution in [0.2, 0.25) is 19.6 Å². The van der Waals surface area contributed by atoms with Crippen LogP contribution in [0.5, 0.6) is 0 Å². The number of aldehydes is 1. The summed E-state index contributed by atoms with van der Waals surface area (Å²) in [5.74, 6) is 2.81. The van der Waals surface area contributed by atoms with Crippen LogP contribution in [0.15, 0.2) is 0 Å². The molecule has 0 aromatic rings. The maximum absolute atomic E-state index is 9.95. The number of rotatable bonds is 2. The molecule has 0 saturated carbocycles. The van der Waals surface area contributed by atoms with Gasteiger partial charge in [-0.2, -0.15) is 0 Å². The maximum Gasteiger partial charge on any atom is 0.149 e. The Kier molecular flexibility index (Phi) is 4.09. The van der Waals surface area contributed by atoms with E-state index in [1.165, 1.54) is 0 Å². The van der Waals surface area contributed by atoms with Crippen molar-refractivity contribution in [3.8, 4) is 11.5 Å². The maximum atomic E-state index is 9.95. The van der Waals surface area contributed by atoms with Gasteiger partial charge in [0, 0.05) is 6.42 Å². The Morgan fingerprint density at radius 1 is 1.55 bits per heavy atom. The number of aliphatic hydroxyl groups excluding tert-OH is 1. The quantitative estimate of drug-likeness (QED) is 0.378. The topological polar surface area (TPSA) is 37.3 Å². The molecule has 0 aromatic carbocycles. The second-order valence-electron chi connectivity index (χ2n) is 3.46. The van der Waals surface area contributed by atoms with Crippen LogP contribution in [0, 0.1) is 11.5 Å². The van der Waals surface area contributed by atoms with E-state index in [2.05, 4.69) is 31.1 Å². The van der Waals surface area contributed by atoms with Gasteiger partial charge in [-0.3, -0.25) is 0 Å². The molecule has 0 saturated heterocycles. The van der Waals surface area contributed by atoms with Crippen molar-refractivity contribution in [1.29, 1.82) is 0 Å². The van der Waals surface area contributed by atoms with E-state index < -0.39 is 14.2 Å². The largest absolute Gasteiger partial charge is 0.385 e. The summed E-state index contributed by atoms with van der Waals surface area (Å²) in [6.45, 7) is 6.36. The number of carbonyl (C=O) groups is 1. The SMILES string of the molecule is C[Si](C)(C)C#CC[C@@H](O)C=O. The van der Waals surface area contributed by atoms with Crippen molar-refractivity contribution < 1.29 is 9.90 Å². The molecule has 0 bridgehead atoms. The second kappa shape index (κ2) is 4.32. The number of aliphatic hydroxyl groups is 1. The molecule has 0 amide bonds. The molecular formula is C8H14O2Si. The van der Waals surface area contributed by atoms with Gasteiger partial charge in [-0.1, -0.05) is 19.6 Å². The Morgan fingerprint density at radius 2 is 2.09 bits per heavy atom. The summed E-state index contributed by atoms with van der Waals surface area (Å²) in [6.07, 6.45) is -0.119. The van der Waals surface area contributed by atoms with Crippen molar-refractivity contribution in [3.63, 3.8) is 0 Å². The lowest BCUT2D eigenvalue weighted by Gasteiger charge is -2.03. The van der Waals surface area contributed by atoms with Crippen molar-refractivity contribution in [2.75, 3.05) is 0 Å². The number of hydrogen-bond donors (Lipinski definition) is 1. The third-order valence-electron chi connectivity index (χ3n) is 0.932. The van der Waals surface area contributed by atoms with E-state index >= 15 is 0 Å². The van der Waals surface area contributed by atoms with Crippen molar-refractivity contribution in [2.24, 2.45) is 0 Å². The molecule has 0 radical (unpaired) electrons. The van der Waals surface area contributed by atoms with Crippen LogP contribution in [0.3, 0.4) is 0 Å². The molecule has 0 spiro atoms. The first kappa shape index (κ1) is 10.4.